The lowest BCUT2D eigenvalue weighted by Crippen LogP contribution is -2.50. The molecular weight excluding hydrogens is 204 g/mol. The smallest absolute Gasteiger partial charge is 0.0963 e. The Kier molecular flexibility index (Phi) is 5.03. The lowest BCUT2D eigenvalue weighted by atomic mass is 9.88. The zero-order valence-electron chi connectivity index (χ0n) is 10.2. The zero-order valence-corrected chi connectivity index (χ0v) is 10.2. The number of piperidine rings is 1. The largest absolute Gasteiger partial charge is 0.375 e. The topological polar surface area (TPSA) is 42.5 Å². The fourth-order valence-electron chi connectivity index (χ4n) is 2.71. The maximum atomic E-state index is 5.93. The summed E-state index contributed by atoms with van der Waals surface area (Å²) in [4.78, 5) is 0. The molecule has 0 spiro atoms. The minimum absolute atomic E-state index is 0.247. The van der Waals surface area contributed by atoms with Crippen LogP contribution >= 0.6 is 0 Å². The van der Waals surface area contributed by atoms with Gasteiger partial charge in [-0.15, -0.1) is 0 Å². The van der Waals surface area contributed by atoms with Crippen molar-refractivity contribution in [1.82, 2.24) is 10.6 Å². The molecule has 2 heterocycles. The summed E-state index contributed by atoms with van der Waals surface area (Å²) in [7, 11) is 0. The molecule has 2 aliphatic heterocycles. The summed E-state index contributed by atoms with van der Waals surface area (Å²) in [6.45, 7) is 7.83. The van der Waals surface area contributed by atoms with Crippen molar-refractivity contribution >= 4 is 0 Å². The van der Waals surface area contributed by atoms with Crippen LogP contribution in [0.4, 0.5) is 0 Å². The highest BCUT2D eigenvalue weighted by molar-refractivity contribution is 4.85. The van der Waals surface area contributed by atoms with E-state index in [9.17, 15) is 0 Å². The monoisotopic (exact) mass is 228 g/mol. The van der Waals surface area contributed by atoms with Crippen LogP contribution in [0.3, 0.4) is 0 Å². The van der Waals surface area contributed by atoms with E-state index in [4.69, 9.17) is 9.47 Å². The van der Waals surface area contributed by atoms with Crippen LogP contribution in [0.25, 0.3) is 0 Å². The van der Waals surface area contributed by atoms with Crippen LogP contribution in [0.1, 0.15) is 19.8 Å². The highest BCUT2D eigenvalue weighted by Crippen LogP contribution is 2.23. The van der Waals surface area contributed by atoms with E-state index in [1.165, 1.54) is 12.8 Å². The van der Waals surface area contributed by atoms with Crippen LogP contribution < -0.4 is 10.6 Å². The molecule has 0 aromatic rings. The van der Waals surface area contributed by atoms with Crippen molar-refractivity contribution in [3.63, 3.8) is 0 Å². The van der Waals surface area contributed by atoms with E-state index in [2.05, 4.69) is 17.6 Å². The molecule has 4 heteroatoms. The molecule has 0 bridgehead atoms. The second-order valence-corrected chi connectivity index (χ2v) is 4.62. The Hall–Kier alpha value is -0.160. The summed E-state index contributed by atoms with van der Waals surface area (Å²) in [5.74, 6) is 0.658. The lowest BCUT2D eigenvalue weighted by molar-refractivity contribution is -0.108. The Labute approximate surface area is 98.1 Å². The molecule has 16 heavy (non-hydrogen) atoms. The van der Waals surface area contributed by atoms with Gasteiger partial charge in [0.25, 0.3) is 0 Å². The predicted octanol–water partition coefficient (Wildman–Crippen LogP) is 0.380. The average molecular weight is 228 g/mol. The maximum Gasteiger partial charge on any atom is 0.0963 e. The van der Waals surface area contributed by atoms with Gasteiger partial charge in [0.2, 0.25) is 0 Å². The molecule has 0 aromatic heterocycles. The van der Waals surface area contributed by atoms with Gasteiger partial charge in [-0.25, -0.2) is 0 Å². The van der Waals surface area contributed by atoms with Crippen LogP contribution in [0.2, 0.25) is 0 Å². The number of hydrogen-bond acceptors (Lipinski definition) is 4. The van der Waals surface area contributed by atoms with Gasteiger partial charge in [0.15, 0.2) is 0 Å². The minimum Gasteiger partial charge on any atom is -0.375 e. The first-order valence-corrected chi connectivity index (χ1v) is 6.56. The van der Waals surface area contributed by atoms with Crippen LogP contribution in [0, 0.1) is 5.92 Å². The fourth-order valence-corrected chi connectivity index (χ4v) is 2.71. The van der Waals surface area contributed by atoms with Gasteiger partial charge in [0.1, 0.15) is 0 Å². The standard InChI is InChI=1S/C12H24N2O2/c1-2-15-12(10-3-5-13-6-4-10)11-9-14-7-8-16-11/h10-14H,2-9H2,1H3. The van der Waals surface area contributed by atoms with Gasteiger partial charge in [-0.3, -0.25) is 0 Å². The highest BCUT2D eigenvalue weighted by atomic mass is 16.5. The van der Waals surface area contributed by atoms with Crippen molar-refractivity contribution in [1.29, 1.82) is 0 Å². The van der Waals surface area contributed by atoms with Gasteiger partial charge in [0.05, 0.1) is 18.8 Å². The molecule has 2 N–H and O–H groups in total. The van der Waals surface area contributed by atoms with Crippen LogP contribution in [-0.2, 0) is 9.47 Å². The molecule has 0 saturated carbocycles. The molecule has 0 amide bonds. The summed E-state index contributed by atoms with van der Waals surface area (Å²) in [5.41, 5.74) is 0. The maximum absolute atomic E-state index is 5.93. The van der Waals surface area contributed by atoms with Crippen molar-refractivity contribution in [3.05, 3.63) is 0 Å². The highest BCUT2D eigenvalue weighted by Gasteiger charge is 2.32. The summed E-state index contributed by atoms with van der Waals surface area (Å²) in [6.07, 6.45) is 2.95. The second-order valence-electron chi connectivity index (χ2n) is 4.62. The van der Waals surface area contributed by atoms with E-state index >= 15 is 0 Å². The first kappa shape index (κ1) is 12.3. The number of ether oxygens (including phenoxy) is 2. The average Bonchev–Trinajstić information content (AvgIpc) is 2.38. The quantitative estimate of drug-likeness (QED) is 0.730. The van der Waals surface area contributed by atoms with Crippen molar-refractivity contribution < 1.29 is 9.47 Å². The second kappa shape index (κ2) is 6.55. The molecule has 2 fully saturated rings. The Morgan fingerprint density at radius 3 is 2.69 bits per heavy atom. The third kappa shape index (κ3) is 3.17. The van der Waals surface area contributed by atoms with E-state index in [1.807, 2.05) is 0 Å². The molecule has 0 aromatic carbocycles. The van der Waals surface area contributed by atoms with Gasteiger partial charge in [-0.05, 0) is 38.8 Å². The molecule has 2 atom stereocenters. The molecule has 2 unspecified atom stereocenters. The Morgan fingerprint density at radius 1 is 1.25 bits per heavy atom. The summed E-state index contributed by atoms with van der Waals surface area (Å²) >= 11 is 0. The summed E-state index contributed by atoms with van der Waals surface area (Å²) in [6, 6.07) is 0. The van der Waals surface area contributed by atoms with E-state index < -0.39 is 0 Å². The first-order chi connectivity index (χ1) is 7.92. The van der Waals surface area contributed by atoms with E-state index in [-0.39, 0.29) is 12.2 Å². The normalized spacial score (nSPS) is 30.2. The van der Waals surface area contributed by atoms with Crippen molar-refractivity contribution in [2.24, 2.45) is 5.92 Å². The molecule has 0 aliphatic carbocycles. The van der Waals surface area contributed by atoms with Gasteiger partial charge in [-0.1, -0.05) is 0 Å². The Morgan fingerprint density at radius 2 is 2.06 bits per heavy atom. The van der Waals surface area contributed by atoms with Gasteiger partial charge in [0, 0.05) is 19.7 Å². The Balaban J connectivity index is 1.91. The molecule has 2 saturated heterocycles. The van der Waals surface area contributed by atoms with E-state index in [0.717, 1.165) is 39.4 Å². The van der Waals surface area contributed by atoms with Crippen molar-refractivity contribution in [3.8, 4) is 0 Å². The first-order valence-electron chi connectivity index (χ1n) is 6.56. The molecule has 0 radical (unpaired) electrons. The number of morpholine rings is 1. The lowest BCUT2D eigenvalue weighted by Gasteiger charge is -2.37. The van der Waals surface area contributed by atoms with Gasteiger partial charge < -0.3 is 20.1 Å². The third-order valence-corrected chi connectivity index (χ3v) is 3.53. The third-order valence-electron chi connectivity index (χ3n) is 3.53. The summed E-state index contributed by atoms with van der Waals surface area (Å²) in [5, 5.41) is 6.79. The number of nitrogens with one attached hydrogen (secondary N) is 2. The number of rotatable bonds is 4. The van der Waals surface area contributed by atoms with E-state index in [1.54, 1.807) is 0 Å². The fraction of sp³-hybridized carbons (Fsp3) is 1.00. The number of hydrogen-bond donors (Lipinski definition) is 2. The zero-order chi connectivity index (χ0) is 11.2. The molecule has 2 rings (SSSR count). The molecular formula is C12H24N2O2. The van der Waals surface area contributed by atoms with Gasteiger partial charge >= 0.3 is 0 Å². The molecule has 2 aliphatic rings. The molecule has 94 valence electrons. The minimum atomic E-state index is 0.247. The van der Waals surface area contributed by atoms with E-state index in [0.29, 0.717) is 5.92 Å². The molecule has 4 nitrogen and oxygen atoms in total. The van der Waals surface area contributed by atoms with Crippen LogP contribution in [-0.4, -0.2) is 51.6 Å². The van der Waals surface area contributed by atoms with Crippen molar-refractivity contribution in [2.45, 2.75) is 32.0 Å². The van der Waals surface area contributed by atoms with Crippen molar-refractivity contribution in [2.75, 3.05) is 39.4 Å². The Bertz CT molecular complexity index is 171. The van der Waals surface area contributed by atoms with Crippen LogP contribution in [0.5, 0.6) is 0 Å². The SMILES string of the molecule is CCOC(C1CCNCC1)C1CNCCO1. The summed E-state index contributed by atoms with van der Waals surface area (Å²) < 4.78 is 11.8. The van der Waals surface area contributed by atoms with Crippen LogP contribution in [0.15, 0.2) is 0 Å². The predicted molar refractivity (Wildman–Crippen MR) is 63.6 cm³/mol. The van der Waals surface area contributed by atoms with Gasteiger partial charge in [-0.2, -0.15) is 0 Å².